The van der Waals surface area contributed by atoms with Crippen LogP contribution in [0, 0.1) is 11.6 Å². The van der Waals surface area contributed by atoms with Crippen LogP contribution in [0.3, 0.4) is 0 Å². The Morgan fingerprint density at radius 3 is 2.87 bits per heavy atom. The minimum absolute atomic E-state index is 0.101. The predicted octanol–water partition coefficient (Wildman–Crippen LogP) is 4.44. The summed E-state index contributed by atoms with van der Waals surface area (Å²) in [4.78, 5) is 18.0. The first kappa shape index (κ1) is 24.2. The molecule has 0 unspecified atom stereocenters. The zero-order valence-corrected chi connectivity index (χ0v) is 22.3. The van der Waals surface area contributed by atoms with Crippen molar-refractivity contribution in [3.8, 4) is 17.1 Å². The number of ether oxygens (including phenoxy) is 1. The lowest BCUT2D eigenvalue weighted by Crippen LogP contribution is -2.61. The van der Waals surface area contributed by atoms with Crippen molar-refractivity contribution >= 4 is 55.0 Å². The van der Waals surface area contributed by atoms with Crippen LogP contribution < -0.4 is 20.7 Å². The number of nitrogens with zero attached hydrogens (tertiary/aromatic N) is 5. The van der Waals surface area contributed by atoms with Gasteiger partial charge in [0.2, 0.25) is 0 Å². The molecular weight excluding hydrogens is 532 g/mol. The van der Waals surface area contributed by atoms with Crippen molar-refractivity contribution in [3.05, 3.63) is 34.9 Å². The van der Waals surface area contributed by atoms with E-state index in [1.165, 1.54) is 12.1 Å². The predicted molar refractivity (Wildman–Crippen MR) is 146 cm³/mol. The van der Waals surface area contributed by atoms with Crippen LogP contribution in [0.4, 0.5) is 19.7 Å². The molecule has 5 heterocycles. The fraction of sp³-hybridized carbons (Fsp3) is 0.423. The molecule has 3 aliphatic heterocycles. The maximum absolute atomic E-state index is 16.4. The van der Waals surface area contributed by atoms with Gasteiger partial charge in [-0.15, -0.1) is 0 Å². The number of likely N-dealkylation sites (N-methyl/N-ethyl adjacent to an activating group) is 1. The molecule has 0 aliphatic carbocycles. The summed E-state index contributed by atoms with van der Waals surface area (Å²) in [5.74, 6) is -0.478. The highest BCUT2D eigenvalue weighted by atomic mass is 35.5. The molecule has 12 heteroatoms. The maximum atomic E-state index is 16.4. The topological polar surface area (TPSA) is 92.4 Å². The van der Waals surface area contributed by atoms with Crippen LogP contribution in [-0.2, 0) is 0 Å². The average Bonchev–Trinajstić information content (AvgIpc) is 3.58. The molecule has 2 aromatic heterocycles. The van der Waals surface area contributed by atoms with E-state index in [2.05, 4.69) is 32.1 Å². The number of nitrogen functional groups attached to an aromatic ring is 1. The molecule has 3 atom stereocenters. The first-order valence-electron chi connectivity index (χ1n) is 12.8. The van der Waals surface area contributed by atoms with Gasteiger partial charge in [-0.25, -0.2) is 13.8 Å². The van der Waals surface area contributed by atoms with Gasteiger partial charge in [0, 0.05) is 41.2 Å². The fourth-order valence-electron chi connectivity index (χ4n) is 6.01. The summed E-state index contributed by atoms with van der Waals surface area (Å²) in [6.45, 7) is 3.14. The van der Waals surface area contributed by atoms with E-state index in [0.29, 0.717) is 29.4 Å². The first-order chi connectivity index (χ1) is 18.4. The molecule has 3 N–H and O–H groups in total. The Bertz CT molecular complexity index is 1580. The van der Waals surface area contributed by atoms with E-state index in [1.54, 1.807) is 6.07 Å². The molecule has 198 valence electrons. The number of thiazole rings is 1. The Morgan fingerprint density at radius 1 is 1.21 bits per heavy atom. The standard InChI is InChI=1S/C26H26ClF2N7OS/c1-35-8-2-3-12(35)11-37-26-33-21-14(24(34-26)36-10-17-18(36)6-7-31-17)9-15(27)19(20(21)29)13-4-5-16(28)23-22(13)32-25(30)38-23/h4-5,9,12,17-18,31H,2-3,6-8,10-11H2,1H3,(H2,30,32)/t12-,17+,18+/m0/s1. The summed E-state index contributed by atoms with van der Waals surface area (Å²) in [5, 5.41) is 4.37. The van der Waals surface area contributed by atoms with Gasteiger partial charge in [0.05, 0.1) is 15.2 Å². The number of likely N-dealkylation sites (tertiary alicyclic amines) is 1. The number of hydrogen-bond donors (Lipinski definition) is 2. The third-order valence-corrected chi connectivity index (χ3v) is 9.27. The summed E-state index contributed by atoms with van der Waals surface area (Å²) in [6, 6.07) is 5.51. The van der Waals surface area contributed by atoms with Crippen molar-refractivity contribution in [2.45, 2.75) is 37.4 Å². The highest BCUT2D eigenvalue weighted by Gasteiger charge is 2.43. The Labute approximate surface area is 226 Å². The highest BCUT2D eigenvalue weighted by molar-refractivity contribution is 7.22. The number of nitrogens with one attached hydrogen (secondary N) is 1. The first-order valence-corrected chi connectivity index (χ1v) is 14.0. The van der Waals surface area contributed by atoms with E-state index in [-0.39, 0.29) is 49.5 Å². The molecule has 4 aromatic rings. The second kappa shape index (κ2) is 9.11. The lowest BCUT2D eigenvalue weighted by atomic mass is 9.96. The van der Waals surface area contributed by atoms with Gasteiger partial charge in [-0.1, -0.05) is 22.9 Å². The monoisotopic (exact) mass is 557 g/mol. The number of rotatable bonds is 5. The normalized spacial score (nSPS) is 23.4. The highest BCUT2D eigenvalue weighted by Crippen LogP contribution is 2.44. The Kier molecular flexibility index (Phi) is 5.80. The summed E-state index contributed by atoms with van der Waals surface area (Å²) in [5.41, 5.74) is 6.71. The molecule has 7 rings (SSSR count). The van der Waals surface area contributed by atoms with Crippen molar-refractivity contribution in [1.29, 1.82) is 0 Å². The SMILES string of the molecule is CN1CCC[C@H]1COc1nc(N2C[C@H]3NCC[C@H]32)c2cc(Cl)c(-c3ccc(F)c4sc(N)nc34)c(F)c2n1. The molecule has 2 aromatic carbocycles. The Balaban J connectivity index is 1.38. The van der Waals surface area contributed by atoms with E-state index in [9.17, 15) is 4.39 Å². The smallest absolute Gasteiger partial charge is 0.319 e. The minimum Gasteiger partial charge on any atom is -0.462 e. The summed E-state index contributed by atoms with van der Waals surface area (Å²) in [6.07, 6.45) is 3.12. The van der Waals surface area contributed by atoms with E-state index in [1.807, 2.05) is 0 Å². The van der Waals surface area contributed by atoms with E-state index < -0.39 is 11.6 Å². The molecule has 3 fully saturated rings. The fourth-order valence-corrected chi connectivity index (χ4v) is 7.07. The zero-order chi connectivity index (χ0) is 26.1. The second-order valence-electron chi connectivity index (χ2n) is 10.3. The van der Waals surface area contributed by atoms with Crippen LogP contribution in [-0.4, -0.2) is 71.3 Å². The summed E-state index contributed by atoms with van der Waals surface area (Å²) in [7, 11) is 2.07. The van der Waals surface area contributed by atoms with Gasteiger partial charge in [0.15, 0.2) is 10.9 Å². The third-order valence-electron chi connectivity index (χ3n) is 8.08. The van der Waals surface area contributed by atoms with Gasteiger partial charge in [-0.3, -0.25) is 0 Å². The number of nitrogens with two attached hydrogens (primary N) is 1. The van der Waals surface area contributed by atoms with Gasteiger partial charge in [-0.05, 0) is 57.6 Å². The van der Waals surface area contributed by atoms with Crippen molar-refractivity contribution < 1.29 is 13.5 Å². The number of benzene rings is 2. The lowest BCUT2D eigenvalue weighted by Gasteiger charge is -2.45. The molecule has 8 nitrogen and oxygen atoms in total. The van der Waals surface area contributed by atoms with E-state index in [4.69, 9.17) is 27.1 Å². The second-order valence-corrected chi connectivity index (χ2v) is 11.7. The van der Waals surface area contributed by atoms with Gasteiger partial charge in [0.1, 0.15) is 23.8 Å². The van der Waals surface area contributed by atoms with Crippen LogP contribution in [0.15, 0.2) is 18.2 Å². The van der Waals surface area contributed by atoms with E-state index in [0.717, 1.165) is 50.2 Å². The van der Waals surface area contributed by atoms with Gasteiger partial charge >= 0.3 is 6.01 Å². The molecule has 3 saturated heterocycles. The molecular formula is C26H26ClF2N7OS. The van der Waals surface area contributed by atoms with Gasteiger partial charge in [-0.2, -0.15) is 9.97 Å². The van der Waals surface area contributed by atoms with Crippen molar-refractivity contribution in [2.24, 2.45) is 0 Å². The Morgan fingerprint density at radius 2 is 2.08 bits per heavy atom. The number of aromatic nitrogens is 3. The van der Waals surface area contributed by atoms with Crippen molar-refractivity contribution in [1.82, 2.24) is 25.2 Å². The molecule has 0 spiro atoms. The zero-order valence-electron chi connectivity index (χ0n) is 20.7. The Hall–Kier alpha value is -2.86. The minimum atomic E-state index is -0.625. The van der Waals surface area contributed by atoms with Crippen LogP contribution in [0.1, 0.15) is 19.3 Å². The number of halogens is 3. The molecule has 0 radical (unpaired) electrons. The van der Waals surface area contributed by atoms with Crippen molar-refractivity contribution in [3.63, 3.8) is 0 Å². The quantitative estimate of drug-likeness (QED) is 0.372. The van der Waals surface area contributed by atoms with Gasteiger partial charge < -0.3 is 25.6 Å². The number of hydrogen-bond acceptors (Lipinski definition) is 9. The van der Waals surface area contributed by atoms with Crippen LogP contribution in [0.2, 0.25) is 5.02 Å². The number of fused-ring (bicyclic) bond motifs is 3. The summed E-state index contributed by atoms with van der Waals surface area (Å²) < 4.78 is 37.3. The largest absolute Gasteiger partial charge is 0.462 e. The third kappa shape index (κ3) is 3.78. The van der Waals surface area contributed by atoms with Gasteiger partial charge in [0.25, 0.3) is 0 Å². The van der Waals surface area contributed by atoms with Crippen LogP contribution >= 0.6 is 22.9 Å². The molecule has 38 heavy (non-hydrogen) atoms. The lowest BCUT2D eigenvalue weighted by molar-refractivity contribution is 0.188. The maximum Gasteiger partial charge on any atom is 0.319 e. The molecule has 3 aliphatic rings. The average molecular weight is 558 g/mol. The molecule has 0 saturated carbocycles. The number of anilines is 2. The summed E-state index contributed by atoms with van der Waals surface area (Å²) >= 11 is 7.74. The molecule has 0 amide bonds. The van der Waals surface area contributed by atoms with Crippen LogP contribution in [0.25, 0.3) is 32.2 Å². The van der Waals surface area contributed by atoms with E-state index >= 15 is 4.39 Å². The molecule has 0 bridgehead atoms. The van der Waals surface area contributed by atoms with Crippen molar-refractivity contribution in [2.75, 3.05) is 43.9 Å². The van der Waals surface area contributed by atoms with Crippen LogP contribution in [0.5, 0.6) is 6.01 Å².